The number of ether oxygens (including phenoxy) is 2. The summed E-state index contributed by atoms with van der Waals surface area (Å²) in [6, 6.07) is 16.7. The van der Waals surface area contributed by atoms with Crippen molar-refractivity contribution < 1.29 is 9.47 Å². The summed E-state index contributed by atoms with van der Waals surface area (Å²) < 4.78 is 13.0. The van der Waals surface area contributed by atoms with Crippen molar-refractivity contribution in [1.82, 2.24) is 14.5 Å². The molecule has 1 fully saturated rings. The number of likely N-dealkylation sites (tertiary alicyclic amines) is 1. The van der Waals surface area contributed by atoms with Gasteiger partial charge in [-0.05, 0) is 53.8 Å². The van der Waals surface area contributed by atoms with Crippen LogP contribution in [-0.4, -0.2) is 41.8 Å². The monoisotopic (exact) mass is 389 g/mol. The zero-order valence-electron chi connectivity index (χ0n) is 17.0. The van der Waals surface area contributed by atoms with Gasteiger partial charge in [-0.3, -0.25) is 4.90 Å². The third kappa shape index (κ3) is 3.51. The van der Waals surface area contributed by atoms with Crippen LogP contribution in [0.1, 0.15) is 11.4 Å². The SMILES string of the molecule is COc1ccc(CN2C[C@H]3Cc4ncc(-c5ccc(OC)cc5)n4C[C@@H]3C2)cc1. The Morgan fingerprint density at radius 1 is 0.862 bits per heavy atom. The molecule has 0 amide bonds. The quantitative estimate of drug-likeness (QED) is 0.664. The van der Waals surface area contributed by atoms with Crippen molar-refractivity contribution >= 4 is 0 Å². The molecule has 5 rings (SSSR count). The lowest BCUT2D eigenvalue weighted by Gasteiger charge is -2.27. The fraction of sp³-hybridized carbons (Fsp3) is 0.375. The van der Waals surface area contributed by atoms with Gasteiger partial charge in [-0.2, -0.15) is 0 Å². The van der Waals surface area contributed by atoms with Gasteiger partial charge in [0.2, 0.25) is 0 Å². The minimum absolute atomic E-state index is 0.687. The molecule has 3 heterocycles. The smallest absolute Gasteiger partial charge is 0.118 e. The molecule has 5 nitrogen and oxygen atoms in total. The zero-order chi connectivity index (χ0) is 19.8. The first-order valence-corrected chi connectivity index (χ1v) is 10.3. The molecule has 150 valence electrons. The van der Waals surface area contributed by atoms with E-state index in [0.717, 1.165) is 44.1 Å². The van der Waals surface area contributed by atoms with Crippen molar-refractivity contribution in [1.29, 1.82) is 0 Å². The maximum absolute atomic E-state index is 5.29. The third-order valence-corrected chi connectivity index (χ3v) is 6.40. The summed E-state index contributed by atoms with van der Waals surface area (Å²) >= 11 is 0. The predicted octanol–water partition coefficient (Wildman–Crippen LogP) is 3.87. The van der Waals surface area contributed by atoms with E-state index in [0.29, 0.717) is 11.8 Å². The van der Waals surface area contributed by atoms with Crippen LogP contribution in [-0.2, 0) is 19.5 Å². The van der Waals surface area contributed by atoms with Crippen molar-refractivity contribution in [2.24, 2.45) is 11.8 Å². The number of nitrogens with zero attached hydrogens (tertiary/aromatic N) is 3. The van der Waals surface area contributed by atoms with E-state index < -0.39 is 0 Å². The van der Waals surface area contributed by atoms with Gasteiger partial charge in [0.25, 0.3) is 0 Å². The first-order valence-electron chi connectivity index (χ1n) is 10.3. The normalized spacial score (nSPS) is 20.9. The highest BCUT2D eigenvalue weighted by atomic mass is 16.5. The Morgan fingerprint density at radius 3 is 2.21 bits per heavy atom. The number of benzene rings is 2. The third-order valence-electron chi connectivity index (χ3n) is 6.40. The average Bonchev–Trinajstić information content (AvgIpc) is 3.35. The molecule has 2 aliphatic heterocycles. The van der Waals surface area contributed by atoms with Gasteiger partial charge >= 0.3 is 0 Å². The second kappa shape index (κ2) is 7.56. The van der Waals surface area contributed by atoms with Gasteiger partial charge in [0.05, 0.1) is 26.1 Å². The van der Waals surface area contributed by atoms with E-state index in [-0.39, 0.29) is 0 Å². The lowest BCUT2D eigenvalue weighted by atomic mass is 9.89. The summed E-state index contributed by atoms with van der Waals surface area (Å²) in [5.74, 6) is 4.42. The van der Waals surface area contributed by atoms with E-state index in [1.165, 1.54) is 22.6 Å². The summed E-state index contributed by atoms with van der Waals surface area (Å²) in [4.78, 5) is 7.36. The summed E-state index contributed by atoms with van der Waals surface area (Å²) in [5.41, 5.74) is 3.77. The molecule has 2 atom stereocenters. The maximum atomic E-state index is 5.29. The van der Waals surface area contributed by atoms with E-state index >= 15 is 0 Å². The highest BCUT2D eigenvalue weighted by Gasteiger charge is 2.37. The van der Waals surface area contributed by atoms with Gasteiger partial charge in [0.15, 0.2) is 0 Å². The van der Waals surface area contributed by atoms with Crippen molar-refractivity contribution in [3.63, 3.8) is 0 Å². The van der Waals surface area contributed by atoms with Crippen molar-refractivity contribution in [2.45, 2.75) is 19.5 Å². The van der Waals surface area contributed by atoms with Gasteiger partial charge < -0.3 is 14.0 Å². The van der Waals surface area contributed by atoms with Crippen LogP contribution < -0.4 is 9.47 Å². The number of aromatic nitrogens is 2. The molecule has 2 aliphatic rings. The Bertz CT molecular complexity index is 978. The molecule has 1 saturated heterocycles. The molecular formula is C24H27N3O2. The summed E-state index contributed by atoms with van der Waals surface area (Å²) in [5, 5.41) is 0. The molecule has 0 bridgehead atoms. The van der Waals surface area contributed by atoms with Crippen LogP contribution in [0.25, 0.3) is 11.3 Å². The van der Waals surface area contributed by atoms with Gasteiger partial charge in [0.1, 0.15) is 17.3 Å². The number of fused-ring (bicyclic) bond motifs is 2. The Labute approximate surface area is 171 Å². The molecular weight excluding hydrogens is 362 g/mol. The lowest BCUT2D eigenvalue weighted by molar-refractivity contribution is 0.307. The summed E-state index contributed by atoms with van der Waals surface area (Å²) in [7, 11) is 3.41. The first-order chi connectivity index (χ1) is 14.2. The highest BCUT2D eigenvalue weighted by Crippen LogP contribution is 2.36. The van der Waals surface area contributed by atoms with E-state index in [9.17, 15) is 0 Å². The highest BCUT2D eigenvalue weighted by molar-refractivity contribution is 5.60. The average molecular weight is 389 g/mol. The number of imidazole rings is 1. The molecule has 0 N–H and O–H groups in total. The first kappa shape index (κ1) is 18.3. The van der Waals surface area contributed by atoms with Crippen LogP contribution in [0.15, 0.2) is 54.7 Å². The number of hydrogen-bond acceptors (Lipinski definition) is 4. The molecule has 0 unspecified atom stereocenters. The second-order valence-corrected chi connectivity index (χ2v) is 8.17. The van der Waals surface area contributed by atoms with Gasteiger partial charge in [-0.1, -0.05) is 12.1 Å². The zero-order valence-corrected chi connectivity index (χ0v) is 17.0. The van der Waals surface area contributed by atoms with Crippen LogP contribution in [0.2, 0.25) is 0 Å². The maximum Gasteiger partial charge on any atom is 0.118 e. The lowest BCUT2D eigenvalue weighted by Crippen LogP contribution is -2.28. The van der Waals surface area contributed by atoms with Gasteiger partial charge in [-0.25, -0.2) is 4.98 Å². The number of methoxy groups -OCH3 is 2. The second-order valence-electron chi connectivity index (χ2n) is 8.17. The summed E-state index contributed by atoms with van der Waals surface area (Å²) in [6.07, 6.45) is 3.10. The van der Waals surface area contributed by atoms with E-state index in [4.69, 9.17) is 14.5 Å². The fourth-order valence-electron chi connectivity index (χ4n) is 4.83. The van der Waals surface area contributed by atoms with Crippen LogP contribution in [0.3, 0.4) is 0 Å². The predicted molar refractivity (Wildman–Crippen MR) is 113 cm³/mol. The molecule has 1 aromatic heterocycles. The summed E-state index contributed by atoms with van der Waals surface area (Å²) in [6.45, 7) is 4.36. The minimum atomic E-state index is 0.687. The van der Waals surface area contributed by atoms with Crippen molar-refractivity contribution in [3.05, 3.63) is 66.1 Å². The Kier molecular flexibility index (Phi) is 4.76. The topological polar surface area (TPSA) is 39.5 Å². The molecule has 29 heavy (non-hydrogen) atoms. The van der Waals surface area contributed by atoms with Crippen LogP contribution in [0.5, 0.6) is 11.5 Å². The van der Waals surface area contributed by atoms with Crippen LogP contribution in [0.4, 0.5) is 0 Å². The molecule has 5 heteroatoms. The Morgan fingerprint density at radius 2 is 1.52 bits per heavy atom. The largest absolute Gasteiger partial charge is 0.497 e. The molecule has 2 aromatic carbocycles. The number of hydrogen-bond donors (Lipinski definition) is 0. The standard InChI is InChI=1S/C24H27N3O2/c1-28-21-7-3-17(4-8-21)13-26-14-19-11-24-25-12-23(27(24)16-20(19)15-26)18-5-9-22(29-2)10-6-18/h3-10,12,19-20H,11,13-16H2,1-2H3/t19-,20+/m1/s1. The Hall–Kier alpha value is -2.79. The molecule has 0 spiro atoms. The van der Waals surface area contributed by atoms with Crippen LogP contribution in [0, 0.1) is 11.8 Å². The van der Waals surface area contributed by atoms with Crippen molar-refractivity contribution in [3.8, 4) is 22.8 Å². The minimum Gasteiger partial charge on any atom is -0.497 e. The molecule has 0 aliphatic carbocycles. The van der Waals surface area contributed by atoms with Crippen molar-refractivity contribution in [2.75, 3.05) is 27.3 Å². The molecule has 3 aromatic rings. The fourth-order valence-corrected chi connectivity index (χ4v) is 4.83. The van der Waals surface area contributed by atoms with E-state index in [1.807, 2.05) is 18.3 Å². The van der Waals surface area contributed by atoms with Crippen LogP contribution >= 0.6 is 0 Å². The number of rotatable bonds is 5. The van der Waals surface area contributed by atoms with Gasteiger partial charge in [0, 0.05) is 38.2 Å². The molecule has 0 saturated carbocycles. The van der Waals surface area contributed by atoms with E-state index in [1.54, 1.807) is 14.2 Å². The van der Waals surface area contributed by atoms with E-state index in [2.05, 4.69) is 45.9 Å². The Balaban J connectivity index is 1.29. The molecule has 0 radical (unpaired) electrons. The van der Waals surface area contributed by atoms with Gasteiger partial charge in [-0.15, -0.1) is 0 Å².